The molecule has 0 saturated carbocycles. The van der Waals surface area contributed by atoms with Gasteiger partial charge in [0.2, 0.25) is 5.91 Å². The molecule has 1 amide bonds. The Morgan fingerprint density at radius 1 is 1.07 bits per heavy atom. The summed E-state index contributed by atoms with van der Waals surface area (Å²) in [6, 6.07) is 8.26. The van der Waals surface area contributed by atoms with Crippen LogP contribution in [-0.2, 0) is 10.2 Å². The summed E-state index contributed by atoms with van der Waals surface area (Å²) in [4.78, 5) is 15.4. The summed E-state index contributed by atoms with van der Waals surface area (Å²) >= 11 is 0. The molecule has 1 aromatic rings. The van der Waals surface area contributed by atoms with Crippen molar-refractivity contribution in [3.63, 3.8) is 0 Å². The number of hydrogen-bond acceptors (Lipinski definition) is 4. The summed E-state index contributed by atoms with van der Waals surface area (Å²) in [7, 11) is 0. The molecule has 1 aromatic carbocycles. The Labute approximate surface area is 170 Å². The van der Waals surface area contributed by atoms with E-state index in [-0.39, 0.29) is 23.3 Å². The number of amides is 1. The van der Waals surface area contributed by atoms with Crippen molar-refractivity contribution in [2.75, 3.05) is 39.3 Å². The third-order valence-corrected chi connectivity index (χ3v) is 5.34. The molecule has 1 aliphatic heterocycles. The van der Waals surface area contributed by atoms with Gasteiger partial charge in [-0.15, -0.1) is 0 Å². The molecule has 2 rings (SSSR count). The Kier molecular flexibility index (Phi) is 7.52. The number of carbonyl (C=O) groups is 1. The minimum absolute atomic E-state index is 0.109. The van der Waals surface area contributed by atoms with Crippen molar-refractivity contribution in [1.29, 1.82) is 0 Å². The highest BCUT2D eigenvalue weighted by atomic mass is 16.5. The van der Waals surface area contributed by atoms with E-state index in [1.54, 1.807) is 6.92 Å². The van der Waals surface area contributed by atoms with E-state index in [4.69, 9.17) is 4.74 Å². The molecule has 0 aliphatic carbocycles. The first-order valence-electron chi connectivity index (χ1n) is 10.4. The predicted molar refractivity (Wildman–Crippen MR) is 114 cm³/mol. The Balaban J connectivity index is 1.79. The van der Waals surface area contributed by atoms with Gasteiger partial charge in [-0.1, -0.05) is 46.8 Å². The highest BCUT2D eigenvalue weighted by molar-refractivity contribution is 5.73. The lowest BCUT2D eigenvalue weighted by Gasteiger charge is -2.35. The van der Waals surface area contributed by atoms with E-state index in [9.17, 15) is 9.90 Å². The number of ether oxygens (including phenoxy) is 1. The SMILES string of the molecule is CC(=O)N1CCN(CC(O)COc2ccc(C(C)(C)CC(C)(C)C)cc2)CC1. The van der Waals surface area contributed by atoms with E-state index in [1.807, 2.05) is 17.0 Å². The largest absolute Gasteiger partial charge is 0.491 e. The molecule has 5 heteroatoms. The van der Waals surface area contributed by atoms with Crippen LogP contribution >= 0.6 is 0 Å². The van der Waals surface area contributed by atoms with Gasteiger partial charge in [0.05, 0.1) is 0 Å². The van der Waals surface area contributed by atoms with Crippen LogP contribution in [-0.4, -0.2) is 66.2 Å². The maximum atomic E-state index is 11.4. The van der Waals surface area contributed by atoms with Crippen molar-refractivity contribution in [3.8, 4) is 5.75 Å². The maximum Gasteiger partial charge on any atom is 0.219 e. The van der Waals surface area contributed by atoms with Crippen LogP contribution in [0.25, 0.3) is 0 Å². The molecule has 0 spiro atoms. The summed E-state index contributed by atoms with van der Waals surface area (Å²) in [5.74, 6) is 0.911. The molecule has 1 unspecified atom stereocenters. The number of aliphatic hydroxyl groups excluding tert-OH is 1. The van der Waals surface area contributed by atoms with Crippen LogP contribution in [0.5, 0.6) is 5.75 Å². The van der Waals surface area contributed by atoms with E-state index < -0.39 is 6.10 Å². The molecule has 158 valence electrons. The minimum atomic E-state index is -0.541. The molecule has 1 heterocycles. The monoisotopic (exact) mass is 390 g/mol. The van der Waals surface area contributed by atoms with Crippen molar-refractivity contribution >= 4 is 5.91 Å². The van der Waals surface area contributed by atoms with Crippen LogP contribution in [0.4, 0.5) is 0 Å². The van der Waals surface area contributed by atoms with Crippen LogP contribution in [0, 0.1) is 5.41 Å². The molecule has 5 nitrogen and oxygen atoms in total. The fraction of sp³-hybridized carbons (Fsp3) is 0.696. The van der Waals surface area contributed by atoms with E-state index in [1.165, 1.54) is 5.56 Å². The fourth-order valence-corrected chi connectivity index (χ4v) is 4.22. The molecule has 28 heavy (non-hydrogen) atoms. The molecule has 1 aliphatic rings. The second-order valence-corrected chi connectivity index (χ2v) is 9.92. The molecule has 1 N–H and O–H groups in total. The van der Waals surface area contributed by atoms with Gasteiger partial charge in [-0.2, -0.15) is 0 Å². The highest BCUT2D eigenvalue weighted by Gasteiger charge is 2.27. The Hall–Kier alpha value is -1.59. The van der Waals surface area contributed by atoms with E-state index in [0.717, 1.165) is 38.3 Å². The van der Waals surface area contributed by atoms with Gasteiger partial charge in [-0.05, 0) is 34.9 Å². The third-order valence-electron chi connectivity index (χ3n) is 5.34. The first kappa shape index (κ1) is 22.7. The molecule has 1 fully saturated rings. The molecule has 0 bridgehead atoms. The van der Waals surface area contributed by atoms with Gasteiger partial charge in [0.25, 0.3) is 0 Å². The standard InChI is InChI=1S/C23H38N2O3/c1-18(26)25-13-11-24(12-14-25)15-20(27)16-28-21-9-7-19(8-10-21)23(5,6)17-22(2,3)4/h7-10,20,27H,11-17H2,1-6H3. The van der Waals surface area contributed by atoms with Crippen molar-refractivity contribution in [1.82, 2.24) is 9.80 Å². The summed E-state index contributed by atoms with van der Waals surface area (Å²) in [5.41, 5.74) is 1.69. The highest BCUT2D eigenvalue weighted by Crippen LogP contribution is 2.36. The number of aliphatic hydroxyl groups is 1. The molecule has 1 saturated heterocycles. The summed E-state index contributed by atoms with van der Waals surface area (Å²) in [6.07, 6.45) is 0.566. The topological polar surface area (TPSA) is 53.0 Å². The van der Waals surface area contributed by atoms with Crippen molar-refractivity contribution in [3.05, 3.63) is 29.8 Å². The molecular weight excluding hydrogens is 352 g/mol. The molecular formula is C23H38N2O3. The number of rotatable bonds is 7. The third kappa shape index (κ3) is 7.10. The summed E-state index contributed by atoms with van der Waals surface area (Å²) < 4.78 is 5.80. The average molecular weight is 391 g/mol. The zero-order valence-corrected chi connectivity index (χ0v) is 18.5. The quantitative estimate of drug-likeness (QED) is 0.776. The molecule has 0 radical (unpaired) electrons. The van der Waals surface area contributed by atoms with Gasteiger partial charge < -0.3 is 14.7 Å². The first-order chi connectivity index (χ1) is 13.0. The van der Waals surface area contributed by atoms with Gasteiger partial charge in [0.1, 0.15) is 18.5 Å². The number of piperazine rings is 1. The zero-order valence-electron chi connectivity index (χ0n) is 18.5. The summed E-state index contributed by atoms with van der Waals surface area (Å²) in [6.45, 7) is 16.9. The minimum Gasteiger partial charge on any atom is -0.491 e. The second kappa shape index (κ2) is 9.27. The lowest BCUT2D eigenvalue weighted by Crippen LogP contribution is -2.50. The first-order valence-corrected chi connectivity index (χ1v) is 10.4. The molecule has 0 aromatic heterocycles. The lowest BCUT2D eigenvalue weighted by atomic mass is 9.72. The van der Waals surface area contributed by atoms with Crippen molar-refractivity contribution < 1.29 is 14.6 Å². The Bertz CT molecular complexity index is 626. The summed E-state index contributed by atoms with van der Waals surface area (Å²) in [5, 5.41) is 10.3. The van der Waals surface area contributed by atoms with Crippen LogP contribution < -0.4 is 4.74 Å². The lowest BCUT2D eigenvalue weighted by molar-refractivity contribution is -0.130. The van der Waals surface area contributed by atoms with Crippen LogP contribution in [0.3, 0.4) is 0 Å². The second-order valence-electron chi connectivity index (χ2n) is 9.92. The zero-order chi connectivity index (χ0) is 20.9. The smallest absolute Gasteiger partial charge is 0.219 e. The predicted octanol–water partition coefficient (Wildman–Crippen LogP) is 3.30. The molecule has 1 atom stereocenters. The van der Waals surface area contributed by atoms with Crippen molar-refractivity contribution in [2.24, 2.45) is 5.41 Å². The Morgan fingerprint density at radius 2 is 1.64 bits per heavy atom. The van der Waals surface area contributed by atoms with Gasteiger partial charge in [0, 0.05) is 39.6 Å². The van der Waals surface area contributed by atoms with E-state index in [2.05, 4.69) is 51.7 Å². The normalized spacial score (nSPS) is 17.5. The van der Waals surface area contributed by atoms with Crippen LogP contribution in [0.15, 0.2) is 24.3 Å². The fourth-order valence-electron chi connectivity index (χ4n) is 4.22. The van der Waals surface area contributed by atoms with Crippen LogP contribution in [0.1, 0.15) is 53.5 Å². The number of carbonyl (C=O) groups excluding carboxylic acids is 1. The Morgan fingerprint density at radius 3 is 2.14 bits per heavy atom. The number of hydrogen-bond donors (Lipinski definition) is 1. The van der Waals surface area contributed by atoms with Crippen molar-refractivity contribution in [2.45, 2.75) is 59.5 Å². The van der Waals surface area contributed by atoms with Gasteiger partial charge >= 0.3 is 0 Å². The van der Waals surface area contributed by atoms with E-state index >= 15 is 0 Å². The van der Waals surface area contributed by atoms with Gasteiger partial charge in [-0.25, -0.2) is 0 Å². The van der Waals surface area contributed by atoms with E-state index in [0.29, 0.717) is 6.54 Å². The number of benzene rings is 1. The number of β-amino-alcohol motifs (C(OH)–C–C–N with tert-alkyl or cyclic N) is 1. The van der Waals surface area contributed by atoms with Gasteiger partial charge in [0.15, 0.2) is 0 Å². The van der Waals surface area contributed by atoms with Gasteiger partial charge in [-0.3, -0.25) is 9.69 Å². The van der Waals surface area contributed by atoms with Crippen LogP contribution in [0.2, 0.25) is 0 Å². The average Bonchev–Trinajstić information content (AvgIpc) is 2.59. The maximum absolute atomic E-state index is 11.4. The number of nitrogens with zero attached hydrogens (tertiary/aromatic N) is 2.